The van der Waals surface area contributed by atoms with Crippen LogP contribution >= 0.6 is 0 Å². The number of esters is 1. The SMILES string of the molecule is COC(=O)C(F)C1CCCN1. The number of hydrogen-bond acceptors (Lipinski definition) is 3. The van der Waals surface area contributed by atoms with E-state index in [9.17, 15) is 9.18 Å². The Morgan fingerprint density at radius 2 is 2.55 bits per heavy atom. The van der Waals surface area contributed by atoms with Gasteiger partial charge in [-0.05, 0) is 19.4 Å². The molecule has 1 aliphatic rings. The van der Waals surface area contributed by atoms with Gasteiger partial charge < -0.3 is 10.1 Å². The summed E-state index contributed by atoms with van der Waals surface area (Å²) in [5.74, 6) is -0.774. The highest BCUT2D eigenvalue weighted by Gasteiger charge is 2.30. The molecule has 4 heteroatoms. The van der Waals surface area contributed by atoms with E-state index in [1.165, 1.54) is 7.11 Å². The van der Waals surface area contributed by atoms with Crippen LogP contribution in [0.3, 0.4) is 0 Å². The molecule has 0 aromatic rings. The number of hydrogen-bond donors (Lipinski definition) is 1. The summed E-state index contributed by atoms with van der Waals surface area (Å²) in [5, 5.41) is 2.90. The first-order chi connectivity index (χ1) is 5.25. The van der Waals surface area contributed by atoms with Crippen LogP contribution in [-0.4, -0.2) is 31.8 Å². The minimum Gasteiger partial charge on any atom is -0.467 e. The van der Waals surface area contributed by atoms with Crippen molar-refractivity contribution in [3.05, 3.63) is 0 Å². The Bertz CT molecular complexity index is 145. The summed E-state index contributed by atoms with van der Waals surface area (Å²) in [6.07, 6.45) is 0.153. The molecule has 0 aromatic carbocycles. The van der Waals surface area contributed by atoms with E-state index in [2.05, 4.69) is 10.1 Å². The number of nitrogens with one attached hydrogen (secondary N) is 1. The summed E-state index contributed by atoms with van der Waals surface area (Å²) < 4.78 is 17.2. The van der Waals surface area contributed by atoms with Gasteiger partial charge in [0.1, 0.15) is 0 Å². The van der Waals surface area contributed by atoms with Gasteiger partial charge >= 0.3 is 5.97 Å². The van der Waals surface area contributed by atoms with Gasteiger partial charge in [-0.1, -0.05) is 0 Å². The van der Waals surface area contributed by atoms with Gasteiger partial charge in [-0.2, -0.15) is 0 Å². The predicted molar refractivity (Wildman–Crippen MR) is 37.9 cm³/mol. The molecule has 2 unspecified atom stereocenters. The van der Waals surface area contributed by atoms with Crippen LogP contribution in [0.4, 0.5) is 4.39 Å². The van der Waals surface area contributed by atoms with Gasteiger partial charge in [0.25, 0.3) is 0 Å². The maximum atomic E-state index is 13.0. The molecule has 0 amide bonds. The highest BCUT2D eigenvalue weighted by Crippen LogP contribution is 2.12. The third-order valence-electron chi connectivity index (χ3n) is 1.88. The highest BCUT2D eigenvalue weighted by atomic mass is 19.1. The Balaban J connectivity index is 2.39. The molecule has 1 rings (SSSR count). The molecule has 0 aromatic heterocycles. The summed E-state index contributed by atoms with van der Waals surface area (Å²) in [6.45, 7) is 0.794. The molecule has 2 atom stereocenters. The van der Waals surface area contributed by atoms with Gasteiger partial charge in [-0.15, -0.1) is 0 Å². The minimum absolute atomic E-state index is 0.331. The topological polar surface area (TPSA) is 38.3 Å². The Hall–Kier alpha value is -0.640. The molecule has 1 N–H and O–H groups in total. The average molecular weight is 161 g/mol. The van der Waals surface area contributed by atoms with Crippen LogP contribution in [-0.2, 0) is 9.53 Å². The van der Waals surface area contributed by atoms with Crippen molar-refractivity contribution in [2.75, 3.05) is 13.7 Å². The molecule has 1 fully saturated rings. The average Bonchev–Trinajstić information content (AvgIpc) is 2.53. The Morgan fingerprint density at radius 1 is 1.82 bits per heavy atom. The van der Waals surface area contributed by atoms with Crippen molar-refractivity contribution in [2.24, 2.45) is 0 Å². The van der Waals surface area contributed by atoms with Crippen molar-refractivity contribution >= 4 is 5.97 Å². The number of carbonyl (C=O) groups is 1. The number of carbonyl (C=O) groups excluding carboxylic acids is 1. The zero-order chi connectivity index (χ0) is 8.27. The summed E-state index contributed by atoms with van der Waals surface area (Å²) in [7, 11) is 1.20. The minimum atomic E-state index is -1.50. The Labute approximate surface area is 64.9 Å². The summed E-state index contributed by atoms with van der Waals surface area (Å²) >= 11 is 0. The molecular formula is C7H12FNO2. The standard InChI is InChI=1S/C7H12FNO2/c1-11-7(10)6(8)5-3-2-4-9-5/h5-6,9H,2-4H2,1H3. The largest absolute Gasteiger partial charge is 0.467 e. The van der Waals surface area contributed by atoms with Crippen LogP contribution in [0.1, 0.15) is 12.8 Å². The predicted octanol–water partition coefficient (Wildman–Crippen LogP) is 0.249. The third kappa shape index (κ3) is 1.89. The van der Waals surface area contributed by atoms with E-state index in [-0.39, 0.29) is 6.04 Å². The second-order valence-electron chi connectivity index (χ2n) is 2.63. The lowest BCUT2D eigenvalue weighted by atomic mass is 10.1. The zero-order valence-electron chi connectivity index (χ0n) is 6.47. The lowest BCUT2D eigenvalue weighted by Crippen LogP contribution is -2.37. The van der Waals surface area contributed by atoms with Crippen molar-refractivity contribution in [2.45, 2.75) is 25.1 Å². The number of alkyl halides is 1. The summed E-state index contributed by atoms with van der Waals surface area (Å²) in [4.78, 5) is 10.7. The first-order valence-electron chi connectivity index (χ1n) is 3.71. The van der Waals surface area contributed by atoms with E-state index in [1.807, 2.05) is 0 Å². The lowest BCUT2D eigenvalue weighted by Gasteiger charge is -2.12. The van der Waals surface area contributed by atoms with Gasteiger partial charge in [-0.25, -0.2) is 9.18 Å². The van der Waals surface area contributed by atoms with Crippen molar-refractivity contribution < 1.29 is 13.9 Å². The number of rotatable bonds is 2. The molecule has 3 nitrogen and oxygen atoms in total. The van der Waals surface area contributed by atoms with Crippen molar-refractivity contribution in [1.29, 1.82) is 0 Å². The van der Waals surface area contributed by atoms with Crippen molar-refractivity contribution in [3.63, 3.8) is 0 Å². The van der Waals surface area contributed by atoms with E-state index in [4.69, 9.17) is 0 Å². The second-order valence-corrected chi connectivity index (χ2v) is 2.63. The van der Waals surface area contributed by atoms with E-state index in [0.717, 1.165) is 19.4 Å². The molecule has 0 spiro atoms. The quantitative estimate of drug-likeness (QED) is 0.590. The zero-order valence-corrected chi connectivity index (χ0v) is 6.47. The molecule has 1 aliphatic heterocycles. The van der Waals surface area contributed by atoms with Gasteiger partial charge in [0.2, 0.25) is 6.17 Å². The van der Waals surface area contributed by atoms with Crippen LogP contribution in [0.2, 0.25) is 0 Å². The fourth-order valence-corrected chi connectivity index (χ4v) is 1.24. The smallest absolute Gasteiger partial charge is 0.342 e. The molecule has 1 saturated heterocycles. The molecule has 11 heavy (non-hydrogen) atoms. The van der Waals surface area contributed by atoms with Gasteiger partial charge in [0.15, 0.2) is 0 Å². The lowest BCUT2D eigenvalue weighted by molar-refractivity contribution is -0.147. The van der Waals surface area contributed by atoms with Gasteiger partial charge in [0.05, 0.1) is 7.11 Å². The van der Waals surface area contributed by atoms with E-state index < -0.39 is 12.1 Å². The monoisotopic (exact) mass is 161 g/mol. The van der Waals surface area contributed by atoms with E-state index in [1.54, 1.807) is 0 Å². The van der Waals surface area contributed by atoms with E-state index in [0.29, 0.717) is 0 Å². The van der Waals surface area contributed by atoms with E-state index >= 15 is 0 Å². The van der Waals surface area contributed by atoms with Crippen molar-refractivity contribution in [1.82, 2.24) is 5.32 Å². The summed E-state index contributed by atoms with van der Waals surface area (Å²) in [6, 6.07) is -0.331. The fourth-order valence-electron chi connectivity index (χ4n) is 1.24. The van der Waals surface area contributed by atoms with Crippen LogP contribution < -0.4 is 5.32 Å². The molecule has 0 radical (unpaired) electrons. The molecule has 0 saturated carbocycles. The Morgan fingerprint density at radius 3 is 3.00 bits per heavy atom. The highest BCUT2D eigenvalue weighted by molar-refractivity contribution is 5.75. The van der Waals surface area contributed by atoms with Crippen LogP contribution in [0.15, 0.2) is 0 Å². The Kier molecular flexibility index (Phi) is 2.82. The van der Waals surface area contributed by atoms with Crippen LogP contribution in [0.25, 0.3) is 0 Å². The summed E-state index contributed by atoms with van der Waals surface area (Å²) in [5.41, 5.74) is 0. The van der Waals surface area contributed by atoms with Crippen LogP contribution in [0.5, 0.6) is 0 Å². The molecule has 0 aliphatic carbocycles. The third-order valence-corrected chi connectivity index (χ3v) is 1.88. The van der Waals surface area contributed by atoms with Gasteiger partial charge in [0, 0.05) is 6.04 Å². The number of halogens is 1. The fraction of sp³-hybridized carbons (Fsp3) is 0.857. The molecule has 1 heterocycles. The van der Waals surface area contributed by atoms with Crippen LogP contribution in [0, 0.1) is 0 Å². The number of methoxy groups -OCH3 is 1. The molecule has 0 bridgehead atoms. The van der Waals surface area contributed by atoms with Gasteiger partial charge in [-0.3, -0.25) is 0 Å². The maximum Gasteiger partial charge on any atom is 0.342 e. The molecular weight excluding hydrogens is 149 g/mol. The number of ether oxygens (including phenoxy) is 1. The first-order valence-corrected chi connectivity index (χ1v) is 3.71. The normalized spacial score (nSPS) is 26.5. The second kappa shape index (κ2) is 3.67. The maximum absolute atomic E-state index is 13.0. The first kappa shape index (κ1) is 8.46. The van der Waals surface area contributed by atoms with Crippen molar-refractivity contribution in [3.8, 4) is 0 Å². The molecule has 64 valence electrons.